The normalized spacial score (nSPS) is 10.3. The van der Waals surface area contributed by atoms with E-state index in [1.54, 1.807) is 27.7 Å². The second-order valence-corrected chi connectivity index (χ2v) is 5.35. The van der Waals surface area contributed by atoms with Gasteiger partial charge in [-0.25, -0.2) is 19.2 Å². The molecular weight excluding hydrogens is 376 g/mol. The number of alkyl carbamates (subject to hydrolysis) is 4. The molecule has 0 heterocycles. The largest absolute Gasteiger partial charge is 0.450 e. The fourth-order valence-electron chi connectivity index (χ4n) is 1.97. The zero-order valence-corrected chi connectivity index (χ0v) is 16.7. The van der Waals surface area contributed by atoms with Gasteiger partial charge in [0.2, 0.25) is 0 Å². The molecule has 0 atom stereocenters. The van der Waals surface area contributed by atoms with Gasteiger partial charge in [0.15, 0.2) is 0 Å². The third kappa shape index (κ3) is 10.9. The number of carbonyl (C=O) groups is 4. The number of ether oxygens (including phenoxy) is 4. The predicted molar refractivity (Wildman–Crippen MR) is 98.0 cm³/mol. The average molecular weight is 406 g/mol. The van der Waals surface area contributed by atoms with Crippen molar-refractivity contribution in [3.05, 3.63) is 0 Å². The van der Waals surface area contributed by atoms with Crippen LogP contribution in [-0.4, -0.2) is 76.0 Å². The van der Waals surface area contributed by atoms with E-state index in [9.17, 15) is 19.2 Å². The number of amides is 4. The lowest BCUT2D eigenvalue weighted by Crippen LogP contribution is -2.66. The third-order valence-corrected chi connectivity index (χ3v) is 3.18. The zero-order chi connectivity index (χ0) is 21.4. The first-order chi connectivity index (χ1) is 13.3. The van der Waals surface area contributed by atoms with Gasteiger partial charge in [0.05, 0.1) is 32.0 Å². The van der Waals surface area contributed by atoms with Crippen LogP contribution in [0.25, 0.3) is 0 Å². The highest BCUT2D eigenvalue weighted by atomic mass is 16.6. The van der Waals surface area contributed by atoms with E-state index in [2.05, 4.69) is 21.3 Å². The molecule has 0 spiro atoms. The Morgan fingerprint density at radius 1 is 0.571 bits per heavy atom. The molecule has 0 aliphatic rings. The predicted octanol–water partition coefficient (Wildman–Crippen LogP) is 0.710. The van der Waals surface area contributed by atoms with Crippen LogP contribution in [0.15, 0.2) is 0 Å². The third-order valence-electron chi connectivity index (χ3n) is 3.18. The lowest BCUT2D eigenvalue weighted by molar-refractivity contribution is 0.121. The molecule has 0 saturated heterocycles. The lowest BCUT2D eigenvalue weighted by atomic mass is 9.99. The fraction of sp³-hybridized carbons (Fsp3) is 0.750. The molecule has 12 nitrogen and oxygen atoms in total. The molecule has 0 aliphatic carbocycles. The number of hydrogen-bond acceptors (Lipinski definition) is 8. The van der Waals surface area contributed by atoms with Crippen molar-refractivity contribution in [2.24, 2.45) is 0 Å². The van der Waals surface area contributed by atoms with E-state index in [4.69, 9.17) is 18.9 Å². The first-order valence-corrected chi connectivity index (χ1v) is 8.99. The van der Waals surface area contributed by atoms with Crippen molar-refractivity contribution in [2.45, 2.75) is 33.2 Å². The van der Waals surface area contributed by atoms with Crippen LogP contribution in [0.1, 0.15) is 27.7 Å². The van der Waals surface area contributed by atoms with Crippen molar-refractivity contribution in [1.82, 2.24) is 21.3 Å². The molecule has 0 rings (SSSR count). The average Bonchev–Trinajstić information content (AvgIpc) is 2.64. The van der Waals surface area contributed by atoms with Gasteiger partial charge in [-0.05, 0) is 27.7 Å². The molecule has 0 radical (unpaired) electrons. The Bertz CT molecular complexity index is 460. The minimum Gasteiger partial charge on any atom is -0.450 e. The van der Waals surface area contributed by atoms with Crippen LogP contribution in [0.5, 0.6) is 0 Å². The molecule has 28 heavy (non-hydrogen) atoms. The van der Waals surface area contributed by atoms with Crippen LogP contribution in [0, 0.1) is 0 Å². The first-order valence-electron chi connectivity index (χ1n) is 8.99. The van der Waals surface area contributed by atoms with E-state index in [-0.39, 0.29) is 46.1 Å². The summed E-state index contributed by atoms with van der Waals surface area (Å²) >= 11 is 0. The number of carbonyl (C=O) groups excluding carboxylic acids is 4. The van der Waals surface area contributed by atoms with E-state index in [0.29, 0.717) is 0 Å². The van der Waals surface area contributed by atoms with Gasteiger partial charge in [-0.15, -0.1) is 0 Å². The first kappa shape index (κ1) is 25.1. The highest BCUT2D eigenvalue weighted by Gasteiger charge is 2.35. The van der Waals surface area contributed by atoms with Crippen LogP contribution >= 0.6 is 0 Å². The van der Waals surface area contributed by atoms with E-state index < -0.39 is 29.9 Å². The maximum atomic E-state index is 12.0. The van der Waals surface area contributed by atoms with Crippen molar-refractivity contribution in [3.8, 4) is 0 Å². The molecule has 12 heteroatoms. The monoisotopic (exact) mass is 406 g/mol. The summed E-state index contributed by atoms with van der Waals surface area (Å²) < 4.78 is 19.3. The van der Waals surface area contributed by atoms with Gasteiger partial charge in [-0.3, -0.25) is 0 Å². The van der Waals surface area contributed by atoms with Crippen LogP contribution in [0.3, 0.4) is 0 Å². The van der Waals surface area contributed by atoms with E-state index in [1.807, 2.05) is 0 Å². The van der Waals surface area contributed by atoms with Crippen molar-refractivity contribution in [2.75, 3.05) is 46.1 Å². The molecule has 4 N–H and O–H groups in total. The summed E-state index contributed by atoms with van der Waals surface area (Å²) in [4.78, 5) is 47.0. The van der Waals surface area contributed by atoms with E-state index in [1.165, 1.54) is 0 Å². The van der Waals surface area contributed by atoms with Gasteiger partial charge in [0, 0.05) is 19.6 Å². The number of nitrogens with one attached hydrogen (secondary N) is 4. The smallest absolute Gasteiger partial charge is 0.407 e. The van der Waals surface area contributed by atoms with Gasteiger partial charge in [0.1, 0.15) is 0 Å². The molecule has 162 valence electrons. The Labute approximate surface area is 164 Å². The SMILES string of the molecule is CCOC(=O)NCC(CNC(=O)OCC)(CNC(=O)OCC)NC(=O)OCC. The molecule has 0 aromatic rings. The quantitative estimate of drug-likeness (QED) is 0.366. The van der Waals surface area contributed by atoms with Gasteiger partial charge >= 0.3 is 24.4 Å². The highest BCUT2D eigenvalue weighted by Crippen LogP contribution is 2.04. The van der Waals surface area contributed by atoms with Gasteiger partial charge in [-0.2, -0.15) is 0 Å². The Morgan fingerprint density at radius 2 is 0.857 bits per heavy atom. The van der Waals surface area contributed by atoms with Crippen molar-refractivity contribution >= 4 is 24.4 Å². The highest BCUT2D eigenvalue weighted by molar-refractivity contribution is 5.72. The lowest BCUT2D eigenvalue weighted by Gasteiger charge is -2.34. The summed E-state index contributed by atoms with van der Waals surface area (Å²) in [5.41, 5.74) is -1.35. The molecular formula is C16H30N4O8. The van der Waals surface area contributed by atoms with Crippen LogP contribution in [-0.2, 0) is 18.9 Å². The Morgan fingerprint density at radius 3 is 1.14 bits per heavy atom. The molecule has 0 aromatic carbocycles. The fourth-order valence-corrected chi connectivity index (χ4v) is 1.97. The topological polar surface area (TPSA) is 153 Å². The molecule has 0 unspecified atom stereocenters. The Kier molecular flexibility index (Phi) is 12.7. The molecule has 4 amide bonds. The minimum absolute atomic E-state index is 0.101. The molecule has 0 fully saturated rings. The van der Waals surface area contributed by atoms with Crippen molar-refractivity contribution in [3.63, 3.8) is 0 Å². The van der Waals surface area contributed by atoms with E-state index in [0.717, 1.165) is 0 Å². The maximum Gasteiger partial charge on any atom is 0.407 e. The van der Waals surface area contributed by atoms with E-state index >= 15 is 0 Å². The Balaban J connectivity index is 5.38. The minimum atomic E-state index is -1.35. The van der Waals surface area contributed by atoms with Gasteiger partial charge < -0.3 is 40.2 Å². The summed E-state index contributed by atoms with van der Waals surface area (Å²) in [6, 6.07) is 0. The Hall–Kier alpha value is -2.92. The second-order valence-electron chi connectivity index (χ2n) is 5.35. The standard InChI is InChI=1S/C16H30N4O8/c1-5-25-12(21)17-9-16(20-15(24)28-8-4,10-18-13(22)26-6-2)11-19-14(23)27-7-3/h5-11H2,1-4H3,(H,17,21)(H,18,22)(H,19,23)(H,20,24). The van der Waals surface area contributed by atoms with Crippen LogP contribution < -0.4 is 21.3 Å². The maximum absolute atomic E-state index is 12.0. The molecule has 0 aromatic heterocycles. The van der Waals surface area contributed by atoms with Gasteiger partial charge in [-0.1, -0.05) is 0 Å². The summed E-state index contributed by atoms with van der Waals surface area (Å²) in [5, 5.41) is 9.96. The number of rotatable bonds is 11. The summed E-state index contributed by atoms with van der Waals surface area (Å²) in [6.07, 6.45) is -3.00. The zero-order valence-electron chi connectivity index (χ0n) is 16.7. The second kappa shape index (κ2) is 14.2. The van der Waals surface area contributed by atoms with Crippen molar-refractivity contribution < 1.29 is 38.1 Å². The summed E-state index contributed by atoms with van der Waals surface area (Å²) in [7, 11) is 0. The molecule has 0 bridgehead atoms. The molecule has 0 saturated carbocycles. The summed E-state index contributed by atoms with van der Waals surface area (Å²) in [5.74, 6) is 0. The summed E-state index contributed by atoms with van der Waals surface area (Å²) in [6.45, 7) is 6.48. The molecule has 0 aliphatic heterocycles. The van der Waals surface area contributed by atoms with Crippen molar-refractivity contribution in [1.29, 1.82) is 0 Å². The van der Waals surface area contributed by atoms with Crippen LogP contribution in [0.2, 0.25) is 0 Å². The van der Waals surface area contributed by atoms with Gasteiger partial charge in [0.25, 0.3) is 0 Å². The number of hydrogen-bond donors (Lipinski definition) is 4. The van der Waals surface area contributed by atoms with Crippen LogP contribution in [0.4, 0.5) is 19.2 Å².